The number of aromatic hydroxyl groups is 2. The molecule has 2 aromatic heterocycles. The Morgan fingerprint density at radius 3 is 1.70 bits per heavy atom. The molecule has 6 N–H and O–H groups in total. The van der Waals surface area contributed by atoms with Gasteiger partial charge in [0, 0.05) is 13.1 Å². The number of para-hydroxylation sites is 2. The summed E-state index contributed by atoms with van der Waals surface area (Å²) in [6.45, 7) is 1.15. The standard InChI is InChI=1S/2C14H13BN2O3/c18-13-3-1-2-12-14(13)16-9-17(12)8-10-4-6-11(7-5-10)15(19)20;18-13-3-1-2-12-14(13)17(9-16-12)8-10-4-6-11(7-5-10)15(19)20/h2*1-7,9,18-20H,8H2. The predicted molar refractivity (Wildman–Crippen MR) is 154 cm³/mol. The fraction of sp³-hybridized carbons (Fsp3) is 0.0714. The van der Waals surface area contributed by atoms with E-state index in [1.54, 1.807) is 61.2 Å². The van der Waals surface area contributed by atoms with Crippen molar-refractivity contribution in [2.24, 2.45) is 0 Å². The summed E-state index contributed by atoms with van der Waals surface area (Å²) in [5, 5.41) is 55.8. The number of phenolic OH excluding ortho intramolecular Hbond substituents is 2. The molecule has 0 aliphatic carbocycles. The Morgan fingerprint density at radius 1 is 0.575 bits per heavy atom. The third-order valence-electron chi connectivity index (χ3n) is 6.51. The minimum absolute atomic E-state index is 0.167. The molecule has 6 aromatic rings. The molecule has 0 saturated carbocycles. The van der Waals surface area contributed by atoms with Crippen LogP contribution in [0.2, 0.25) is 0 Å². The molecule has 0 atom stereocenters. The van der Waals surface area contributed by atoms with E-state index in [1.165, 1.54) is 0 Å². The Morgan fingerprint density at radius 2 is 1.10 bits per heavy atom. The topological polar surface area (TPSA) is 157 Å². The maximum absolute atomic E-state index is 9.91. The summed E-state index contributed by atoms with van der Waals surface area (Å²) in [5.74, 6) is 0.363. The highest BCUT2D eigenvalue weighted by Gasteiger charge is 2.12. The van der Waals surface area contributed by atoms with E-state index in [2.05, 4.69) is 9.97 Å². The average molecular weight is 536 g/mol. The molecule has 40 heavy (non-hydrogen) atoms. The van der Waals surface area contributed by atoms with Crippen LogP contribution in [-0.2, 0) is 13.1 Å². The van der Waals surface area contributed by atoms with Gasteiger partial charge < -0.3 is 39.4 Å². The van der Waals surface area contributed by atoms with Crippen LogP contribution in [0.15, 0.2) is 97.6 Å². The number of hydrogen-bond donors (Lipinski definition) is 6. The summed E-state index contributed by atoms with van der Waals surface area (Å²) < 4.78 is 3.79. The average Bonchev–Trinajstić information content (AvgIpc) is 3.55. The first-order valence-electron chi connectivity index (χ1n) is 12.5. The molecule has 10 nitrogen and oxygen atoms in total. The van der Waals surface area contributed by atoms with E-state index < -0.39 is 14.2 Å². The zero-order valence-electron chi connectivity index (χ0n) is 21.3. The molecular weight excluding hydrogens is 510 g/mol. The molecule has 0 aliphatic heterocycles. The number of phenols is 2. The van der Waals surface area contributed by atoms with Crippen LogP contribution in [0.5, 0.6) is 11.5 Å². The van der Waals surface area contributed by atoms with Crippen molar-refractivity contribution in [3.63, 3.8) is 0 Å². The lowest BCUT2D eigenvalue weighted by molar-refractivity contribution is 0.424. The van der Waals surface area contributed by atoms with Gasteiger partial charge in [0.05, 0.1) is 23.7 Å². The highest BCUT2D eigenvalue weighted by Crippen LogP contribution is 2.24. The van der Waals surface area contributed by atoms with Crippen molar-refractivity contribution in [2.75, 3.05) is 0 Å². The highest BCUT2D eigenvalue weighted by atomic mass is 16.4. The summed E-state index contributed by atoms with van der Waals surface area (Å²) in [5.41, 5.74) is 5.78. The maximum atomic E-state index is 9.91. The van der Waals surface area contributed by atoms with Crippen molar-refractivity contribution in [3.8, 4) is 11.5 Å². The van der Waals surface area contributed by atoms with Gasteiger partial charge in [-0.25, -0.2) is 9.97 Å². The zero-order valence-corrected chi connectivity index (χ0v) is 21.3. The molecule has 0 unspecified atom stereocenters. The van der Waals surface area contributed by atoms with Gasteiger partial charge in [-0.3, -0.25) is 0 Å². The Hall–Kier alpha value is -4.61. The van der Waals surface area contributed by atoms with Gasteiger partial charge in [-0.05, 0) is 46.3 Å². The van der Waals surface area contributed by atoms with Gasteiger partial charge in [-0.2, -0.15) is 0 Å². The molecule has 4 aromatic carbocycles. The van der Waals surface area contributed by atoms with Crippen LogP contribution in [0, 0.1) is 0 Å². The van der Waals surface area contributed by atoms with Crippen molar-refractivity contribution in [3.05, 3.63) is 109 Å². The molecule has 0 radical (unpaired) electrons. The van der Waals surface area contributed by atoms with Gasteiger partial charge in [-0.1, -0.05) is 60.7 Å². The summed E-state index contributed by atoms with van der Waals surface area (Å²) in [4.78, 5) is 8.44. The number of hydrogen-bond acceptors (Lipinski definition) is 8. The van der Waals surface area contributed by atoms with Crippen LogP contribution in [0.3, 0.4) is 0 Å². The van der Waals surface area contributed by atoms with E-state index >= 15 is 0 Å². The second-order valence-corrected chi connectivity index (χ2v) is 9.27. The van der Waals surface area contributed by atoms with E-state index in [1.807, 2.05) is 45.5 Å². The first-order chi connectivity index (χ1) is 19.3. The lowest BCUT2D eigenvalue weighted by Gasteiger charge is -2.07. The van der Waals surface area contributed by atoms with Crippen molar-refractivity contribution in [1.29, 1.82) is 0 Å². The lowest BCUT2D eigenvalue weighted by atomic mass is 9.80. The summed E-state index contributed by atoms with van der Waals surface area (Å²) in [7, 11) is -2.91. The molecule has 6 rings (SSSR count). The zero-order chi connectivity index (χ0) is 28.2. The number of nitrogens with zero attached hydrogens (tertiary/aromatic N) is 4. The number of fused-ring (bicyclic) bond motifs is 2. The van der Waals surface area contributed by atoms with Crippen LogP contribution in [0.25, 0.3) is 22.1 Å². The van der Waals surface area contributed by atoms with Gasteiger partial charge in [0.15, 0.2) is 0 Å². The van der Waals surface area contributed by atoms with Crippen LogP contribution >= 0.6 is 0 Å². The van der Waals surface area contributed by atoms with Crippen LogP contribution in [0.1, 0.15) is 11.1 Å². The molecule has 0 amide bonds. The summed E-state index contributed by atoms with van der Waals surface area (Å²) in [6, 6.07) is 24.5. The van der Waals surface area contributed by atoms with Gasteiger partial charge in [0.25, 0.3) is 0 Å². The SMILES string of the molecule is OB(O)c1ccc(Cn2cnc3c(O)cccc32)cc1.OB(O)c1ccc(Cn2cnc3cccc(O)c32)cc1. The van der Waals surface area contributed by atoms with Crippen molar-refractivity contribution in [1.82, 2.24) is 19.1 Å². The van der Waals surface area contributed by atoms with Crippen molar-refractivity contribution in [2.45, 2.75) is 13.1 Å². The van der Waals surface area contributed by atoms with E-state index in [0.29, 0.717) is 35.0 Å². The molecule has 200 valence electrons. The monoisotopic (exact) mass is 536 g/mol. The Bertz CT molecular complexity index is 1730. The number of imidazole rings is 2. The van der Waals surface area contributed by atoms with Crippen LogP contribution in [-0.4, -0.2) is 63.6 Å². The quantitative estimate of drug-likeness (QED) is 0.172. The van der Waals surface area contributed by atoms with E-state index in [0.717, 1.165) is 22.2 Å². The summed E-state index contributed by atoms with van der Waals surface area (Å²) >= 11 is 0. The second kappa shape index (κ2) is 11.6. The van der Waals surface area contributed by atoms with Crippen LogP contribution < -0.4 is 10.9 Å². The molecule has 12 heteroatoms. The first kappa shape index (κ1) is 27.0. The van der Waals surface area contributed by atoms with E-state index in [9.17, 15) is 10.2 Å². The third-order valence-corrected chi connectivity index (χ3v) is 6.51. The van der Waals surface area contributed by atoms with Crippen molar-refractivity contribution < 1.29 is 30.3 Å². The van der Waals surface area contributed by atoms with Gasteiger partial charge >= 0.3 is 14.2 Å². The van der Waals surface area contributed by atoms with E-state index in [4.69, 9.17) is 20.1 Å². The van der Waals surface area contributed by atoms with Crippen molar-refractivity contribution >= 4 is 47.2 Å². The second-order valence-electron chi connectivity index (χ2n) is 9.27. The minimum Gasteiger partial charge on any atom is -0.506 e. The minimum atomic E-state index is -1.46. The fourth-order valence-corrected chi connectivity index (χ4v) is 4.41. The molecule has 0 saturated heterocycles. The van der Waals surface area contributed by atoms with Gasteiger partial charge in [0.2, 0.25) is 0 Å². The lowest BCUT2D eigenvalue weighted by Crippen LogP contribution is -2.29. The number of aromatic nitrogens is 4. The molecule has 0 spiro atoms. The largest absolute Gasteiger partial charge is 0.506 e. The Balaban J connectivity index is 0.000000161. The molecular formula is C28H26B2N4O6. The van der Waals surface area contributed by atoms with E-state index in [-0.39, 0.29) is 11.5 Å². The van der Waals surface area contributed by atoms with Crippen LogP contribution in [0.4, 0.5) is 0 Å². The Labute approximate surface area is 230 Å². The first-order valence-corrected chi connectivity index (χ1v) is 12.5. The summed E-state index contributed by atoms with van der Waals surface area (Å²) in [6.07, 6.45) is 3.36. The van der Waals surface area contributed by atoms with Gasteiger partial charge in [-0.15, -0.1) is 0 Å². The third kappa shape index (κ3) is 5.85. The smallest absolute Gasteiger partial charge is 0.488 e. The molecule has 0 aliphatic rings. The fourth-order valence-electron chi connectivity index (χ4n) is 4.41. The maximum Gasteiger partial charge on any atom is 0.488 e. The molecule has 0 bridgehead atoms. The van der Waals surface area contributed by atoms with Gasteiger partial charge in [0.1, 0.15) is 22.5 Å². The molecule has 0 fully saturated rings. The highest BCUT2D eigenvalue weighted by molar-refractivity contribution is 6.58. The number of rotatable bonds is 6. The Kier molecular flexibility index (Phi) is 7.85. The number of benzene rings is 4. The normalized spacial score (nSPS) is 10.9. The predicted octanol–water partition coefficient (Wildman–Crippen LogP) is 0.940. The molecule has 2 heterocycles.